The third-order valence-corrected chi connectivity index (χ3v) is 8.27. The van der Waals surface area contributed by atoms with E-state index in [1.54, 1.807) is 17.4 Å². The highest BCUT2D eigenvalue weighted by Gasteiger charge is 2.33. The molecule has 1 aromatic heterocycles. The van der Waals surface area contributed by atoms with Gasteiger partial charge in [0.25, 0.3) is 0 Å². The van der Waals surface area contributed by atoms with Crippen LogP contribution in [0.15, 0.2) is 40.6 Å². The Balaban J connectivity index is 1.78. The third-order valence-electron chi connectivity index (χ3n) is 5.00. The van der Waals surface area contributed by atoms with E-state index in [1.807, 2.05) is 13.0 Å². The van der Waals surface area contributed by atoms with E-state index in [2.05, 4.69) is 21.7 Å². The van der Waals surface area contributed by atoms with Crippen molar-refractivity contribution < 1.29 is 13.2 Å². The highest BCUT2D eigenvalue weighted by molar-refractivity contribution is 7.89. The van der Waals surface area contributed by atoms with Crippen molar-refractivity contribution in [2.75, 3.05) is 26.0 Å². The van der Waals surface area contributed by atoms with E-state index in [9.17, 15) is 13.2 Å². The van der Waals surface area contributed by atoms with Crippen molar-refractivity contribution in [3.63, 3.8) is 0 Å². The van der Waals surface area contributed by atoms with E-state index in [0.29, 0.717) is 5.69 Å². The number of benzene rings is 1. The van der Waals surface area contributed by atoms with Crippen molar-refractivity contribution >= 4 is 44.6 Å². The average Bonchev–Trinajstić information content (AvgIpc) is 3.33. The van der Waals surface area contributed by atoms with Crippen LogP contribution < -0.4 is 5.32 Å². The summed E-state index contributed by atoms with van der Waals surface area (Å²) in [5.41, 5.74) is 0.411. The zero-order chi connectivity index (χ0) is 20.5. The smallest absolute Gasteiger partial charge is 0.244 e. The number of halogens is 1. The summed E-state index contributed by atoms with van der Waals surface area (Å²) in [5, 5.41) is 5.02. The Hall–Kier alpha value is -1.45. The van der Waals surface area contributed by atoms with Crippen LogP contribution in [0.25, 0.3) is 0 Å². The molecule has 0 bridgehead atoms. The second-order valence-corrected chi connectivity index (χ2v) is 10.5. The molecule has 0 saturated carbocycles. The molecule has 1 N–H and O–H groups in total. The van der Waals surface area contributed by atoms with Crippen LogP contribution in [0.3, 0.4) is 0 Å². The number of rotatable bonds is 6. The summed E-state index contributed by atoms with van der Waals surface area (Å²) in [7, 11) is -0.816. The minimum Gasteiger partial charge on any atom is -0.325 e. The number of sulfonamides is 1. The summed E-state index contributed by atoms with van der Waals surface area (Å²) in [5.74, 6) is -0.168. The third kappa shape index (κ3) is 4.26. The zero-order valence-corrected chi connectivity index (χ0v) is 18.4. The maximum absolute atomic E-state index is 12.9. The lowest BCUT2D eigenvalue weighted by atomic mass is 10.1. The van der Waals surface area contributed by atoms with E-state index in [-0.39, 0.29) is 27.9 Å². The van der Waals surface area contributed by atoms with Crippen molar-refractivity contribution in [3.05, 3.63) is 45.6 Å². The number of carbonyl (C=O) groups is 1. The topological polar surface area (TPSA) is 69.7 Å². The van der Waals surface area contributed by atoms with Crippen LogP contribution in [0.5, 0.6) is 0 Å². The minimum atomic E-state index is -3.70. The Morgan fingerprint density at radius 2 is 2.11 bits per heavy atom. The molecule has 28 heavy (non-hydrogen) atoms. The van der Waals surface area contributed by atoms with Gasteiger partial charge in [-0.1, -0.05) is 17.7 Å². The van der Waals surface area contributed by atoms with Gasteiger partial charge < -0.3 is 5.32 Å². The van der Waals surface area contributed by atoms with Gasteiger partial charge in [-0.15, -0.1) is 11.3 Å². The van der Waals surface area contributed by atoms with Crippen molar-refractivity contribution in [1.29, 1.82) is 0 Å². The lowest BCUT2D eigenvalue weighted by molar-refractivity contribution is -0.121. The van der Waals surface area contributed by atoms with E-state index in [4.69, 9.17) is 11.6 Å². The summed E-state index contributed by atoms with van der Waals surface area (Å²) in [4.78, 5) is 16.3. The Labute approximate surface area is 175 Å². The molecule has 6 nitrogen and oxygen atoms in total. The maximum Gasteiger partial charge on any atom is 0.244 e. The van der Waals surface area contributed by atoms with Gasteiger partial charge in [-0.25, -0.2) is 12.7 Å². The van der Waals surface area contributed by atoms with Crippen LogP contribution >= 0.6 is 22.9 Å². The van der Waals surface area contributed by atoms with E-state index < -0.39 is 10.0 Å². The summed E-state index contributed by atoms with van der Waals surface area (Å²) in [6, 6.07) is 8.56. The van der Waals surface area contributed by atoms with Gasteiger partial charge in [-0.3, -0.25) is 9.69 Å². The first-order valence-electron chi connectivity index (χ1n) is 9.04. The molecule has 1 aromatic carbocycles. The Morgan fingerprint density at radius 3 is 2.75 bits per heavy atom. The van der Waals surface area contributed by atoms with Crippen molar-refractivity contribution in [3.8, 4) is 0 Å². The fraction of sp³-hybridized carbons (Fsp3) is 0.421. The molecule has 1 saturated heterocycles. The van der Waals surface area contributed by atoms with E-state index in [0.717, 1.165) is 23.7 Å². The summed E-state index contributed by atoms with van der Waals surface area (Å²) in [6.07, 6.45) is 2.08. The number of anilines is 1. The van der Waals surface area contributed by atoms with Crippen LogP contribution in [0.1, 0.15) is 30.7 Å². The molecule has 1 amide bonds. The maximum atomic E-state index is 12.9. The van der Waals surface area contributed by atoms with Gasteiger partial charge in [0.05, 0.1) is 11.1 Å². The number of hydrogen-bond donors (Lipinski definition) is 1. The Bertz CT molecular complexity index is 945. The fourth-order valence-corrected chi connectivity index (χ4v) is 5.69. The highest BCUT2D eigenvalue weighted by atomic mass is 35.5. The molecule has 0 spiro atoms. The molecule has 2 aromatic rings. The zero-order valence-electron chi connectivity index (χ0n) is 16.1. The van der Waals surface area contributed by atoms with Gasteiger partial charge in [0.15, 0.2) is 0 Å². The molecular weight excluding hydrogens is 418 g/mol. The Morgan fingerprint density at radius 1 is 1.36 bits per heavy atom. The lowest BCUT2D eigenvalue weighted by Gasteiger charge is -2.29. The first-order chi connectivity index (χ1) is 13.2. The summed E-state index contributed by atoms with van der Waals surface area (Å²) >= 11 is 7.78. The minimum absolute atomic E-state index is 0.0257. The molecule has 0 unspecified atom stereocenters. The average molecular weight is 442 g/mol. The largest absolute Gasteiger partial charge is 0.325 e. The molecule has 2 atom stereocenters. The van der Waals surface area contributed by atoms with Crippen molar-refractivity contribution in [2.45, 2.75) is 36.7 Å². The van der Waals surface area contributed by atoms with Crippen LogP contribution in [0.4, 0.5) is 5.69 Å². The summed E-state index contributed by atoms with van der Waals surface area (Å²) < 4.78 is 26.0. The van der Waals surface area contributed by atoms with Gasteiger partial charge in [0.1, 0.15) is 4.90 Å². The molecule has 9 heteroatoms. The molecule has 1 aliphatic rings. The number of amides is 1. The first kappa shape index (κ1) is 21.3. The predicted octanol–water partition coefficient (Wildman–Crippen LogP) is 3.82. The van der Waals surface area contributed by atoms with Gasteiger partial charge in [0, 0.05) is 30.7 Å². The van der Waals surface area contributed by atoms with Crippen molar-refractivity contribution in [1.82, 2.24) is 9.21 Å². The molecule has 0 aliphatic carbocycles. The van der Waals surface area contributed by atoms with Gasteiger partial charge in [-0.05, 0) is 56.0 Å². The van der Waals surface area contributed by atoms with Gasteiger partial charge in [-0.2, -0.15) is 0 Å². The molecule has 0 radical (unpaired) electrons. The predicted molar refractivity (Wildman–Crippen MR) is 113 cm³/mol. The quantitative estimate of drug-likeness (QED) is 0.739. The SMILES string of the molecule is C[C@@H](C(=O)Nc1ccc(Cl)c(S(=O)(=O)N(C)C)c1)N1CCC[C@H]1c1cccs1. The lowest BCUT2D eigenvalue weighted by Crippen LogP contribution is -2.41. The number of likely N-dealkylation sites (tertiary alicyclic amines) is 1. The normalized spacial score (nSPS) is 19.1. The second-order valence-electron chi connectivity index (χ2n) is 7.01. The number of nitrogens with one attached hydrogen (secondary N) is 1. The van der Waals surface area contributed by atoms with Crippen LogP contribution in [-0.4, -0.2) is 50.2 Å². The molecule has 1 aliphatic heterocycles. The monoisotopic (exact) mass is 441 g/mol. The van der Waals surface area contributed by atoms with Crippen LogP contribution in [0, 0.1) is 0 Å². The molecular formula is C19H24ClN3O3S2. The van der Waals surface area contributed by atoms with Gasteiger partial charge in [0.2, 0.25) is 15.9 Å². The molecule has 1 fully saturated rings. The molecule has 152 valence electrons. The van der Waals surface area contributed by atoms with Crippen LogP contribution in [0.2, 0.25) is 5.02 Å². The van der Waals surface area contributed by atoms with Crippen molar-refractivity contribution in [2.24, 2.45) is 0 Å². The van der Waals surface area contributed by atoms with Crippen LogP contribution in [-0.2, 0) is 14.8 Å². The number of nitrogens with zero attached hydrogens (tertiary/aromatic N) is 2. The number of thiophene rings is 1. The molecule has 2 heterocycles. The van der Waals surface area contributed by atoms with E-state index in [1.165, 1.54) is 31.1 Å². The van der Waals surface area contributed by atoms with Gasteiger partial charge >= 0.3 is 0 Å². The first-order valence-corrected chi connectivity index (χ1v) is 11.7. The van der Waals surface area contributed by atoms with E-state index >= 15 is 0 Å². The molecule has 3 rings (SSSR count). The number of carbonyl (C=O) groups excluding carboxylic acids is 1. The summed E-state index contributed by atoms with van der Waals surface area (Å²) in [6.45, 7) is 2.74. The number of hydrogen-bond acceptors (Lipinski definition) is 5. The fourth-order valence-electron chi connectivity index (χ4n) is 3.41. The standard InChI is InChI=1S/C19H24ClN3O3S2/c1-13(23-10-4-6-16(23)17-7-5-11-27-17)19(24)21-14-8-9-15(20)18(12-14)28(25,26)22(2)3/h5,7-9,11-13,16H,4,6,10H2,1-3H3,(H,21,24)/t13-,16-/m0/s1. The highest BCUT2D eigenvalue weighted by Crippen LogP contribution is 2.36. The Kier molecular flexibility index (Phi) is 6.46. The second kappa shape index (κ2) is 8.51.